The van der Waals surface area contributed by atoms with E-state index >= 15 is 0 Å². The summed E-state index contributed by atoms with van der Waals surface area (Å²) in [6, 6.07) is 25.2. The van der Waals surface area contributed by atoms with Gasteiger partial charge in [0.1, 0.15) is 5.75 Å². The van der Waals surface area contributed by atoms with Crippen LogP contribution >= 0.6 is 0 Å². The fourth-order valence-electron chi connectivity index (χ4n) is 5.05. The van der Waals surface area contributed by atoms with Crippen LogP contribution in [-0.2, 0) is 9.53 Å². The van der Waals surface area contributed by atoms with Crippen molar-refractivity contribution < 1.29 is 29.0 Å². The van der Waals surface area contributed by atoms with Gasteiger partial charge >= 0.3 is 5.97 Å². The van der Waals surface area contributed by atoms with E-state index in [0.29, 0.717) is 35.5 Å². The number of carboxylic acids is 1. The molecule has 1 unspecified atom stereocenters. The molecule has 0 fully saturated rings. The van der Waals surface area contributed by atoms with Crippen LogP contribution in [0.25, 0.3) is 6.08 Å². The van der Waals surface area contributed by atoms with E-state index < -0.39 is 11.6 Å². The summed E-state index contributed by atoms with van der Waals surface area (Å²) < 4.78 is 10.7. The summed E-state index contributed by atoms with van der Waals surface area (Å²) in [6.45, 7) is 6.33. The molecule has 3 rings (SSSR count). The van der Waals surface area contributed by atoms with Crippen molar-refractivity contribution in [2.24, 2.45) is 5.92 Å². The lowest BCUT2D eigenvalue weighted by Gasteiger charge is -2.29. The fraction of sp³-hybridized carbons (Fsp3) is 0.395. The van der Waals surface area contributed by atoms with Gasteiger partial charge in [-0.25, -0.2) is 4.79 Å². The first-order chi connectivity index (χ1) is 21.3. The molecule has 0 heterocycles. The van der Waals surface area contributed by atoms with Crippen molar-refractivity contribution >= 4 is 23.6 Å². The number of methoxy groups -OCH3 is 2. The monoisotopic (exact) mass is 600 g/mol. The summed E-state index contributed by atoms with van der Waals surface area (Å²) in [5.74, 6) is -0.143. The highest BCUT2D eigenvalue weighted by atomic mass is 16.5. The highest BCUT2D eigenvalue weighted by molar-refractivity contribution is 6.22. The molecule has 1 atom stereocenters. The number of benzene rings is 3. The number of carbonyl (C=O) groups excluding carboxylic acids is 2. The van der Waals surface area contributed by atoms with E-state index in [2.05, 4.69) is 13.8 Å². The first-order valence-electron chi connectivity index (χ1n) is 15.6. The minimum Gasteiger partial charge on any atom is -0.497 e. The maximum atomic E-state index is 13.1. The van der Waals surface area contributed by atoms with Crippen LogP contribution in [0.15, 0.2) is 90.5 Å². The summed E-state index contributed by atoms with van der Waals surface area (Å²) in [7, 11) is 3.06. The van der Waals surface area contributed by atoms with Gasteiger partial charge in [0, 0.05) is 23.8 Å². The highest BCUT2D eigenvalue weighted by Crippen LogP contribution is 2.29. The molecule has 1 N–H and O–H groups in total. The minimum atomic E-state index is -1.46. The first-order valence-corrected chi connectivity index (χ1v) is 15.6. The Morgan fingerprint density at radius 2 is 1.30 bits per heavy atom. The van der Waals surface area contributed by atoms with Gasteiger partial charge < -0.3 is 14.6 Å². The number of hydrogen-bond donors (Lipinski definition) is 1. The summed E-state index contributed by atoms with van der Waals surface area (Å²) in [5, 5.41) is 9.41. The second-order valence-corrected chi connectivity index (χ2v) is 10.9. The van der Waals surface area contributed by atoms with E-state index in [9.17, 15) is 19.5 Å². The fourth-order valence-corrected chi connectivity index (χ4v) is 5.05. The molecule has 0 saturated carbocycles. The number of rotatable bonds is 17. The Morgan fingerprint density at radius 3 is 1.70 bits per heavy atom. The van der Waals surface area contributed by atoms with Crippen LogP contribution in [0, 0.1) is 5.92 Å². The Kier molecular flexibility index (Phi) is 15.9. The maximum absolute atomic E-state index is 13.1. The van der Waals surface area contributed by atoms with E-state index in [-0.39, 0.29) is 11.6 Å². The predicted octanol–water partition coefficient (Wildman–Crippen LogP) is 9.10. The lowest BCUT2D eigenvalue weighted by atomic mass is 9.81. The van der Waals surface area contributed by atoms with E-state index in [1.807, 2.05) is 43.3 Å². The van der Waals surface area contributed by atoms with Crippen LogP contribution in [-0.4, -0.2) is 42.5 Å². The Morgan fingerprint density at radius 1 is 0.773 bits per heavy atom. The molecule has 3 aromatic rings. The van der Waals surface area contributed by atoms with E-state index in [1.54, 1.807) is 61.7 Å². The molecule has 0 bridgehead atoms. The van der Waals surface area contributed by atoms with Gasteiger partial charge in [0.15, 0.2) is 5.60 Å². The lowest BCUT2D eigenvalue weighted by Crippen LogP contribution is -2.48. The molecule has 0 amide bonds. The zero-order valence-corrected chi connectivity index (χ0v) is 26.9. The van der Waals surface area contributed by atoms with Crippen molar-refractivity contribution in [1.82, 2.24) is 0 Å². The number of aliphatic carboxylic acids is 1. The standard InChI is InChI=1S/C20H22O3.C18H26O3/c1-3-4-15-20(23-2,18(21)16-11-7-5-8-12-16)19(22)17-13-9-6-10-14-17;1-4-6-7-14(5-2)12-16(18(19)20)13-15-8-10-17(21-3)11-9-15/h5-14H,3-4,15H2,1-2H3;8-11,13-14H,4-7,12H2,1-3H3,(H,19,20). The molecule has 6 nitrogen and oxygen atoms in total. The minimum absolute atomic E-state index is 0.275. The van der Waals surface area contributed by atoms with Crippen molar-refractivity contribution in [2.45, 2.75) is 77.7 Å². The molecule has 0 aliphatic rings. The van der Waals surface area contributed by atoms with E-state index in [1.165, 1.54) is 7.11 Å². The Hall–Kier alpha value is -4.03. The molecule has 3 aromatic carbocycles. The molecule has 0 radical (unpaired) electrons. The van der Waals surface area contributed by atoms with Crippen molar-refractivity contribution in [1.29, 1.82) is 0 Å². The van der Waals surface area contributed by atoms with Gasteiger partial charge in [0.05, 0.1) is 7.11 Å². The van der Waals surface area contributed by atoms with Gasteiger partial charge in [0.25, 0.3) is 0 Å². The highest BCUT2D eigenvalue weighted by Gasteiger charge is 2.46. The largest absolute Gasteiger partial charge is 0.497 e. The van der Waals surface area contributed by atoms with Gasteiger partial charge in [-0.3, -0.25) is 9.59 Å². The predicted molar refractivity (Wildman–Crippen MR) is 177 cm³/mol. The molecule has 0 aromatic heterocycles. The zero-order chi connectivity index (χ0) is 32.4. The number of hydrogen-bond acceptors (Lipinski definition) is 5. The smallest absolute Gasteiger partial charge is 0.331 e. The van der Waals surface area contributed by atoms with Gasteiger partial charge in [-0.1, -0.05) is 126 Å². The molecular weight excluding hydrogens is 552 g/mol. The van der Waals surface area contributed by atoms with Gasteiger partial charge in [0.2, 0.25) is 11.6 Å². The SMILES string of the molecule is CCCCC(CC)CC(=Cc1ccc(OC)cc1)C(=O)O.CCCCC(OC)(C(=O)c1ccccc1)C(=O)c1ccccc1. The van der Waals surface area contributed by atoms with Gasteiger partial charge in [-0.15, -0.1) is 0 Å². The van der Waals surface area contributed by atoms with E-state index in [0.717, 1.165) is 49.8 Å². The third-order valence-corrected chi connectivity index (χ3v) is 7.82. The van der Waals surface area contributed by atoms with Crippen LogP contribution in [0.5, 0.6) is 5.75 Å². The average Bonchev–Trinajstić information content (AvgIpc) is 3.07. The second kappa shape index (κ2) is 19.3. The van der Waals surface area contributed by atoms with Crippen LogP contribution in [0.2, 0.25) is 0 Å². The van der Waals surface area contributed by atoms with Gasteiger partial charge in [-0.05, 0) is 49.0 Å². The third-order valence-electron chi connectivity index (χ3n) is 7.82. The number of ether oxygens (including phenoxy) is 2. The zero-order valence-electron chi connectivity index (χ0n) is 26.9. The molecule has 0 aliphatic carbocycles. The molecule has 0 aliphatic heterocycles. The number of carboxylic acid groups (broad SMARTS) is 1. The molecule has 0 spiro atoms. The van der Waals surface area contributed by atoms with Gasteiger partial charge in [-0.2, -0.15) is 0 Å². The van der Waals surface area contributed by atoms with Crippen molar-refractivity contribution in [3.63, 3.8) is 0 Å². The molecule has 236 valence electrons. The van der Waals surface area contributed by atoms with Crippen molar-refractivity contribution in [2.75, 3.05) is 14.2 Å². The summed E-state index contributed by atoms with van der Waals surface area (Å²) in [4.78, 5) is 37.6. The summed E-state index contributed by atoms with van der Waals surface area (Å²) >= 11 is 0. The topological polar surface area (TPSA) is 89.9 Å². The Balaban J connectivity index is 0.000000308. The number of Topliss-reactive ketones (excluding diaryl/α,β-unsaturated/α-hetero) is 2. The number of carbonyl (C=O) groups is 3. The van der Waals surface area contributed by atoms with Crippen LogP contribution in [0.4, 0.5) is 0 Å². The van der Waals surface area contributed by atoms with Crippen molar-refractivity contribution in [3.05, 3.63) is 107 Å². The first kappa shape index (κ1) is 36.2. The van der Waals surface area contributed by atoms with E-state index in [4.69, 9.17) is 9.47 Å². The van der Waals surface area contributed by atoms with Crippen molar-refractivity contribution in [3.8, 4) is 5.75 Å². The maximum Gasteiger partial charge on any atom is 0.331 e. The average molecular weight is 601 g/mol. The summed E-state index contributed by atoms with van der Waals surface area (Å²) in [6.07, 6.45) is 8.85. The Bertz CT molecular complexity index is 1260. The number of ketones is 2. The molecule has 6 heteroatoms. The van der Waals surface area contributed by atoms with Crippen LogP contribution < -0.4 is 4.74 Å². The molecule has 0 saturated heterocycles. The third kappa shape index (κ3) is 10.6. The lowest BCUT2D eigenvalue weighted by molar-refractivity contribution is -0.132. The molecule has 44 heavy (non-hydrogen) atoms. The second-order valence-electron chi connectivity index (χ2n) is 10.9. The molecular formula is C38H48O6. The normalized spacial score (nSPS) is 12.1. The quantitative estimate of drug-likeness (QED) is 0.0944. The summed E-state index contributed by atoms with van der Waals surface area (Å²) in [5.41, 5.74) is 0.921. The van der Waals surface area contributed by atoms with Crippen LogP contribution in [0.1, 0.15) is 98.4 Å². The van der Waals surface area contributed by atoms with Crippen LogP contribution in [0.3, 0.4) is 0 Å². The number of unbranched alkanes of at least 4 members (excludes halogenated alkanes) is 2. The Labute approximate surface area is 263 Å².